The molecule has 1 heterocycles. The van der Waals surface area contributed by atoms with Crippen molar-refractivity contribution >= 4 is 17.5 Å². The van der Waals surface area contributed by atoms with Crippen molar-refractivity contribution in [2.75, 3.05) is 43.9 Å². The summed E-state index contributed by atoms with van der Waals surface area (Å²) in [6, 6.07) is 10.5. The number of anilines is 3. The van der Waals surface area contributed by atoms with Crippen molar-refractivity contribution < 1.29 is 0 Å². The second kappa shape index (κ2) is 7.92. The maximum atomic E-state index is 4.69. The van der Waals surface area contributed by atoms with E-state index in [0.29, 0.717) is 5.95 Å². The Bertz CT molecular complexity index is 639. The number of rotatable bonds is 7. The van der Waals surface area contributed by atoms with Gasteiger partial charge in [-0.25, -0.2) is 4.98 Å². The van der Waals surface area contributed by atoms with Crippen LogP contribution >= 0.6 is 0 Å². The summed E-state index contributed by atoms with van der Waals surface area (Å²) >= 11 is 0. The predicted molar refractivity (Wildman–Crippen MR) is 97.7 cm³/mol. The Kier molecular flexibility index (Phi) is 5.93. The molecule has 0 bridgehead atoms. The molecule has 0 atom stereocenters. The summed E-state index contributed by atoms with van der Waals surface area (Å²) in [4.78, 5) is 13.5. The Labute approximate surface area is 139 Å². The average Bonchev–Trinajstić information content (AvgIpc) is 2.47. The second-order valence-electron chi connectivity index (χ2n) is 6.00. The van der Waals surface area contributed by atoms with E-state index in [9.17, 15) is 0 Å². The van der Waals surface area contributed by atoms with Gasteiger partial charge in [-0.05, 0) is 52.6 Å². The van der Waals surface area contributed by atoms with Gasteiger partial charge in [0.1, 0.15) is 5.82 Å². The topological polar surface area (TPSA) is 44.3 Å². The van der Waals surface area contributed by atoms with Crippen LogP contribution in [-0.2, 0) is 0 Å². The normalized spacial score (nSPS) is 10.9. The summed E-state index contributed by atoms with van der Waals surface area (Å²) in [5, 5.41) is 3.31. The SMILES string of the molecule is CCN(c1cccc(C)c1)c1cc(C)nc(NCCN(C)C)n1. The van der Waals surface area contributed by atoms with Crippen LogP contribution in [0, 0.1) is 13.8 Å². The van der Waals surface area contributed by atoms with Crippen molar-refractivity contribution in [2.24, 2.45) is 0 Å². The molecule has 1 aromatic heterocycles. The largest absolute Gasteiger partial charge is 0.353 e. The summed E-state index contributed by atoms with van der Waals surface area (Å²) < 4.78 is 0. The lowest BCUT2D eigenvalue weighted by Crippen LogP contribution is -2.23. The molecule has 0 aliphatic rings. The van der Waals surface area contributed by atoms with E-state index < -0.39 is 0 Å². The van der Waals surface area contributed by atoms with E-state index in [1.165, 1.54) is 5.56 Å². The van der Waals surface area contributed by atoms with Gasteiger partial charge in [0.15, 0.2) is 0 Å². The van der Waals surface area contributed by atoms with Gasteiger partial charge in [0.25, 0.3) is 0 Å². The van der Waals surface area contributed by atoms with Crippen molar-refractivity contribution in [3.8, 4) is 0 Å². The number of aryl methyl sites for hydroxylation is 2. The van der Waals surface area contributed by atoms with Crippen LogP contribution in [0.4, 0.5) is 17.5 Å². The molecule has 1 N–H and O–H groups in total. The minimum Gasteiger partial charge on any atom is -0.353 e. The highest BCUT2D eigenvalue weighted by Gasteiger charge is 2.11. The third-order valence-electron chi connectivity index (χ3n) is 3.59. The Morgan fingerprint density at radius 3 is 2.52 bits per heavy atom. The van der Waals surface area contributed by atoms with E-state index in [2.05, 4.69) is 72.3 Å². The fraction of sp³-hybridized carbons (Fsp3) is 0.444. The van der Waals surface area contributed by atoms with Gasteiger partial charge in [-0.2, -0.15) is 4.98 Å². The smallest absolute Gasteiger partial charge is 0.224 e. The third-order valence-corrected chi connectivity index (χ3v) is 3.59. The van der Waals surface area contributed by atoms with Gasteiger partial charge >= 0.3 is 0 Å². The molecule has 0 radical (unpaired) electrons. The molecule has 2 rings (SSSR count). The molecule has 0 fully saturated rings. The first-order valence-corrected chi connectivity index (χ1v) is 8.08. The average molecular weight is 313 g/mol. The maximum absolute atomic E-state index is 4.69. The molecule has 0 aliphatic carbocycles. The highest BCUT2D eigenvalue weighted by Crippen LogP contribution is 2.25. The zero-order valence-corrected chi connectivity index (χ0v) is 14.8. The van der Waals surface area contributed by atoms with Gasteiger partial charge in [0.05, 0.1) is 0 Å². The number of nitrogens with one attached hydrogen (secondary N) is 1. The molecule has 0 amide bonds. The molecule has 23 heavy (non-hydrogen) atoms. The minimum absolute atomic E-state index is 0.688. The quantitative estimate of drug-likeness (QED) is 0.850. The third kappa shape index (κ3) is 4.93. The molecule has 124 valence electrons. The lowest BCUT2D eigenvalue weighted by molar-refractivity contribution is 0.425. The van der Waals surface area contributed by atoms with Gasteiger partial charge in [0, 0.05) is 37.1 Å². The number of hydrogen-bond donors (Lipinski definition) is 1. The van der Waals surface area contributed by atoms with Crippen molar-refractivity contribution in [1.82, 2.24) is 14.9 Å². The maximum Gasteiger partial charge on any atom is 0.224 e. The molecule has 5 nitrogen and oxygen atoms in total. The molecule has 0 saturated heterocycles. The molecule has 5 heteroatoms. The molecule has 0 spiro atoms. The van der Waals surface area contributed by atoms with Crippen LogP contribution in [0.25, 0.3) is 0 Å². The number of benzene rings is 1. The Hall–Kier alpha value is -2.14. The van der Waals surface area contributed by atoms with E-state index >= 15 is 0 Å². The number of aromatic nitrogens is 2. The number of hydrogen-bond acceptors (Lipinski definition) is 5. The molecule has 0 aliphatic heterocycles. The highest BCUT2D eigenvalue weighted by molar-refractivity contribution is 5.61. The van der Waals surface area contributed by atoms with Crippen LogP contribution < -0.4 is 10.2 Å². The van der Waals surface area contributed by atoms with Gasteiger partial charge in [-0.1, -0.05) is 12.1 Å². The zero-order valence-electron chi connectivity index (χ0n) is 14.8. The molecular weight excluding hydrogens is 286 g/mol. The van der Waals surface area contributed by atoms with E-state index in [1.54, 1.807) is 0 Å². The van der Waals surface area contributed by atoms with Crippen LogP contribution in [0.3, 0.4) is 0 Å². The predicted octanol–water partition coefficient (Wildman–Crippen LogP) is 3.22. The molecule has 0 saturated carbocycles. The van der Waals surface area contributed by atoms with Crippen LogP contribution in [0.2, 0.25) is 0 Å². The standard InChI is InChI=1S/C18H27N5/c1-6-23(16-9-7-8-14(2)12-16)17-13-15(3)20-18(21-17)19-10-11-22(4)5/h7-9,12-13H,6,10-11H2,1-5H3,(H,19,20,21). The Morgan fingerprint density at radius 2 is 1.87 bits per heavy atom. The number of likely N-dealkylation sites (N-methyl/N-ethyl adjacent to an activating group) is 1. The Morgan fingerprint density at radius 1 is 1.09 bits per heavy atom. The van der Waals surface area contributed by atoms with Crippen LogP contribution in [0.15, 0.2) is 30.3 Å². The van der Waals surface area contributed by atoms with Crippen molar-refractivity contribution in [1.29, 1.82) is 0 Å². The van der Waals surface area contributed by atoms with Crippen LogP contribution in [-0.4, -0.2) is 48.6 Å². The monoisotopic (exact) mass is 313 g/mol. The van der Waals surface area contributed by atoms with Crippen molar-refractivity contribution in [3.05, 3.63) is 41.6 Å². The summed E-state index contributed by atoms with van der Waals surface area (Å²) in [6.07, 6.45) is 0. The van der Waals surface area contributed by atoms with Gasteiger partial charge < -0.3 is 15.1 Å². The molecule has 1 aromatic carbocycles. The zero-order chi connectivity index (χ0) is 16.8. The fourth-order valence-electron chi connectivity index (χ4n) is 2.43. The van der Waals surface area contributed by atoms with E-state index in [4.69, 9.17) is 4.98 Å². The van der Waals surface area contributed by atoms with Crippen molar-refractivity contribution in [2.45, 2.75) is 20.8 Å². The summed E-state index contributed by atoms with van der Waals surface area (Å²) in [5.74, 6) is 1.62. The first-order valence-electron chi connectivity index (χ1n) is 8.08. The lowest BCUT2D eigenvalue weighted by Gasteiger charge is -2.23. The fourth-order valence-corrected chi connectivity index (χ4v) is 2.43. The van der Waals surface area contributed by atoms with Gasteiger partial charge in [0.2, 0.25) is 5.95 Å². The molecular formula is C18H27N5. The van der Waals surface area contributed by atoms with Crippen molar-refractivity contribution in [3.63, 3.8) is 0 Å². The molecule has 2 aromatic rings. The van der Waals surface area contributed by atoms with E-state index in [0.717, 1.165) is 36.8 Å². The second-order valence-corrected chi connectivity index (χ2v) is 6.00. The van der Waals surface area contributed by atoms with Crippen LogP contribution in [0.5, 0.6) is 0 Å². The highest BCUT2D eigenvalue weighted by atomic mass is 15.2. The molecule has 0 unspecified atom stereocenters. The number of nitrogens with zero attached hydrogens (tertiary/aromatic N) is 4. The first kappa shape index (κ1) is 17.2. The Balaban J connectivity index is 2.24. The minimum atomic E-state index is 0.688. The summed E-state index contributed by atoms with van der Waals surface area (Å²) in [5.41, 5.74) is 3.37. The van der Waals surface area contributed by atoms with E-state index in [1.807, 2.05) is 13.0 Å². The van der Waals surface area contributed by atoms with E-state index in [-0.39, 0.29) is 0 Å². The lowest BCUT2D eigenvalue weighted by atomic mass is 10.2. The van der Waals surface area contributed by atoms with Gasteiger partial charge in [-0.15, -0.1) is 0 Å². The summed E-state index contributed by atoms with van der Waals surface area (Å²) in [7, 11) is 4.11. The summed E-state index contributed by atoms with van der Waals surface area (Å²) in [6.45, 7) is 8.88. The van der Waals surface area contributed by atoms with Gasteiger partial charge in [-0.3, -0.25) is 0 Å². The van der Waals surface area contributed by atoms with Crippen LogP contribution in [0.1, 0.15) is 18.2 Å². The first-order chi connectivity index (χ1) is 11.0.